The first-order valence-corrected chi connectivity index (χ1v) is 22.4. The molecule has 0 spiro atoms. The largest absolute Gasteiger partial charge is 2.00 e. The molecule has 0 fully saturated rings. The quantitative estimate of drug-likeness (QED) is 0.149. The Kier molecular flexibility index (Phi) is 12.0. The van der Waals surface area contributed by atoms with Crippen molar-refractivity contribution in [3.05, 3.63) is 178 Å². The van der Waals surface area contributed by atoms with Crippen molar-refractivity contribution >= 4 is 21.8 Å². The van der Waals surface area contributed by atoms with E-state index in [4.69, 9.17) is 14.7 Å². The maximum absolute atomic E-state index is 7.09. The normalized spacial score (nSPS) is 12.0. The molecule has 0 radical (unpaired) electrons. The van der Waals surface area contributed by atoms with Crippen molar-refractivity contribution in [3.63, 3.8) is 0 Å². The molecule has 3 heterocycles. The van der Waals surface area contributed by atoms with E-state index in [0.717, 1.165) is 72.5 Å². The number of hydrogen-bond donors (Lipinski definition) is 0. The number of hydrogen-bond acceptors (Lipinski definition) is 3. The second-order valence-electron chi connectivity index (χ2n) is 19.9. The molecule has 0 saturated carbocycles. The minimum Gasteiger partial charge on any atom is -0.502 e. The predicted molar refractivity (Wildman–Crippen MR) is 267 cm³/mol. The standard InChI is InChI=1S/C59H58N4O.Pt/c1-35-27-38(4)54(39(5)28-35)42-23-24-60-53(32-42)63-50-33-44(58(8,9)10)18-21-47(50)48-22-19-46(34-51(48)63)64-52-31-43(17-20-49(52)55-36(2)15-14-16-37(55)3)57-61-25-26-62(57)56-40(6)29-45(30-41(56)7)59(11,12)13;/h14-30,32-33H,1-13H3;/q-2;+2. The van der Waals surface area contributed by atoms with Crippen LogP contribution in [0, 0.1) is 60.6 Å². The van der Waals surface area contributed by atoms with Gasteiger partial charge < -0.3 is 13.9 Å². The molecule has 0 unspecified atom stereocenters. The fourth-order valence-electron chi connectivity index (χ4n) is 9.70. The number of nitrogens with zero attached hydrogens (tertiary/aromatic N) is 4. The van der Waals surface area contributed by atoms with Crippen molar-refractivity contribution in [1.29, 1.82) is 0 Å². The second kappa shape index (κ2) is 17.1. The molecule has 0 atom stereocenters. The summed E-state index contributed by atoms with van der Waals surface area (Å²) in [6, 6.07) is 42.7. The smallest absolute Gasteiger partial charge is 0.502 e. The van der Waals surface area contributed by atoms with E-state index in [-0.39, 0.29) is 31.9 Å². The monoisotopic (exact) mass is 1030 g/mol. The Morgan fingerprint density at radius 1 is 0.569 bits per heavy atom. The molecular weight excluding hydrogens is 976 g/mol. The van der Waals surface area contributed by atoms with Crippen molar-refractivity contribution in [2.75, 3.05) is 0 Å². The maximum atomic E-state index is 7.09. The Morgan fingerprint density at radius 2 is 1.23 bits per heavy atom. The molecule has 6 heteroatoms. The van der Waals surface area contributed by atoms with Gasteiger partial charge in [-0.2, -0.15) is 6.07 Å². The van der Waals surface area contributed by atoms with E-state index in [0.29, 0.717) is 11.5 Å². The number of pyridine rings is 1. The van der Waals surface area contributed by atoms with Gasteiger partial charge in [0.15, 0.2) is 0 Å². The fraction of sp³-hybridized carbons (Fsp3) is 0.254. The van der Waals surface area contributed by atoms with Crippen molar-refractivity contribution in [1.82, 2.24) is 19.1 Å². The molecule has 0 saturated heterocycles. The molecule has 9 rings (SSSR count). The minimum absolute atomic E-state index is 0. The molecule has 5 nitrogen and oxygen atoms in total. The number of fused-ring (bicyclic) bond motifs is 3. The number of rotatable bonds is 7. The summed E-state index contributed by atoms with van der Waals surface area (Å²) in [6.07, 6.45) is 5.85. The summed E-state index contributed by atoms with van der Waals surface area (Å²) in [6.45, 7) is 28.8. The first kappa shape index (κ1) is 45.5. The third-order valence-corrected chi connectivity index (χ3v) is 12.8. The number of imidazole rings is 1. The number of aryl methyl sites for hydroxylation is 7. The summed E-state index contributed by atoms with van der Waals surface area (Å²) >= 11 is 0. The van der Waals surface area contributed by atoms with Gasteiger partial charge in [-0.1, -0.05) is 136 Å². The Hall–Kier alpha value is -6.03. The van der Waals surface area contributed by atoms with Gasteiger partial charge in [0.05, 0.1) is 5.82 Å². The molecule has 0 bridgehead atoms. The third kappa shape index (κ3) is 8.41. The maximum Gasteiger partial charge on any atom is 2.00 e. The average Bonchev–Trinajstić information content (AvgIpc) is 3.82. The molecule has 0 amide bonds. The summed E-state index contributed by atoms with van der Waals surface area (Å²) in [5.41, 5.74) is 19.4. The van der Waals surface area contributed by atoms with Gasteiger partial charge in [-0.15, -0.1) is 35.2 Å². The van der Waals surface area contributed by atoms with Crippen molar-refractivity contribution in [2.45, 2.75) is 101 Å². The minimum atomic E-state index is -0.0498. The summed E-state index contributed by atoms with van der Waals surface area (Å²) < 4.78 is 11.5. The first-order valence-electron chi connectivity index (χ1n) is 22.4. The van der Waals surface area contributed by atoms with Crippen LogP contribution in [-0.2, 0) is 31.9 Å². The SMILES string of the molecule is Cc1cc(C)c(-c2ccnc(-n3c4[c-]c(Oc5[c-]c(-c6nccn6-c6c(C)cc(C(C)(C)C)cc6C)ccc5-c5c(C)cccc5C)ccc4c4ccc(C(C)(C)C)cc43)c2)c(C)c1.[Pt+2]. The van der Waals surface area contributed by atoms with Gasteiger partial charge in [0.2, 0.25) is 0 Å². The van der Waals surface area contributed by atoms with Crippen molar-refractivity contribution in [3.8, 4) is 56.6 Å². The van der Waals surface area contributed by atoms with Gasteiger partial charge in [-0.25, -0.2) is 4.98 Å². The first-order chi connectivity index (χ1) is 30.4. The van der Waals surface area contributed by atoms with Crippen LogP contribution in [0.1, 0.15) is 91.6 Å². The Balaban J connectivity index is 0.00000576. The Morgan fingerprint density at radius 3 is 1.89 bits per heavy atom. The van der Waals surface area contributed by atoms with E-state index in [1.807, 2.05) is 24.7 Å². The molecule has 0 aliphatic carbocycles. The summed E-state index contributed by atoms with van der Waals surface area (Å²) in [7, 11) is 0. The zero-order valence-corrected chi connectivity index (χ0v) is 42.3. The molecule has 3 aromatic heterocycles. The van der Waals surface area contributed by atoms with Crippen molar-refractivity contribution in [2.24, 2.45) is 0 Å². The molecule has 6 aromatic carbocycles. The van der Waals surface area contributed by atoms with Crippen LogP contribution in [0.4, 0.5) is 0 Å². The van der Waals surface area contributed by atoms with E-state index in [1.165, 1.54) is 44.5 Å². The zero-order chi connectivity index (χ0) is 45.4. The van der Waals surface area contributed by atoms with Gasteiger partial charge in [0.25, 0.3) is 0 Å². The Labute approximate surface area is 399 Å². The van der Waals surface area contributed by atoms with Crippen LogP contribution < -0.4 is 4.74 Å². The molecule has 65 heavy (non-hydrogen) atoms. The van der Waals surface area contributed by atoms with Gasteiger partial charge in [-0.3, -0.25) is 4.98 Å². The van der Waals surface area contributed by atoms with Crippen LogP contribution in [0.2, 0.25) is 0 Å². The summed E-state index contributed by atoms with van der Waals surface area (Å²) in [5.74, 6) is 2.82. The van der Waals surface area contributed by atoms with Crippen molar-refractivity contribution < 1.29 is 25.8 Å². The molecule has 0 aliphatic rings. The molecular formula is C59H58N4OPt. The van der Waals surface area contributed by atoms with E-state index in [9.17, 15) is 0 Å². The van der Waals surface area contributed by atoms with Gasteiger partial charge in [0.1, 0.15) is 5.82 Å². The average molecular weight is 1030 g/mol. The van der Waals surface area contributed by atoms with E-state index >= 15 is 0 Å². The second-order valence-corrected chi connectivity index (χ2v) is 19.9. The predicted octanol–water partition coefficient (Wildman–Crippen LogP) is 15.5. The molecule has 0 aliphatic heterocycles. The van der Waals surface area contributed by atoms with E-state index in [1.54, 1.807) is 0 Å². The van der Waals surface area contributed by atoms with Crippen LogP contribution in [0.15, 0.2) is 116 Å². The molecule has 9 aromatic rings. The molecule has 0 N–H and O–H groups in total. The van der Waals surface area contributed by atoms with Crippen LogP contribution in [0.5, 0.6) is 11.5 Å². The van der Waals surface area contributed by atoms with Crippen LogP contribution in [0.3, 0.4) is 0 Å². The number of aromatic nitrogens is 4. The summed E-state index contributed by atoms with van der Waals surface area (Å²) in [5, 5.41) is 2.22. The van der Waals surface area contributed by atoms with Crippen LogP contribution in [0.25, 0.3) is 67.0 Å². The Bertz CT molecular complexity index is 3230. The molecule has 330 valence electrons. The van der Waals surface area contributed by atoms with Gasteiger partial charge in [-0.05, 0) is 127 Å². The van der Waals surface area contributed by atoms with Gasteiger partial charge in [0, 0.05) is 41.3 Å². The van der Waals surface area contributed by atoms with Gasteiger partial charge >= 0.3 is 21.1 Å². The van der Waals surface area contributed by atoms with Crippen LogP contribution >= 0.6 is 0 Å². The fourth-order valence-corrected chi connectivity index (χ4v) is 9.70. The van der Waals surface area contributed by atoms with E-state index in [2.05, 4.69) is 202 Å². The zero-order valence-electron chi connectivity index (χ0n) is 40.0. The number of ether oxygens (including phenoxy) is 1. The third-order valence-electron chi connectivity index (χ3n) is 12.8. The topological polar surface area (TPSA) is 44.9 Å². The summed E-state index contributed by atoms with van der Waals surface area (Å²) in [4.78, 5) is 9.99. The van der Waals surface area contributed by atoms with E-state index < -0.39 is 0 Å². The number of benzene rings is 6. The van der Waals surface area contributed by atoms with Crippen LogP contribution in [-0.4, -0.2) is 19.1 Å².